The van der Waals surface area contributed by atoms with Crippen molar-refractivity contribution in [2.24, 2.45) is 5.92 Å². The van der Waals surface area contributed by atoms with Crippen LogP contribution in [0.4, 0.5) is 5.69 Å². The third-order valence-corrected chi connectivity index (χ3v) is 5.21. The SMILES string of the molecule is COCCC(=O)N1CC2CC(C1)c1ccc(NC(=O)CN(C)C)c(=O)n1C2. The molecule has 0 aliphatic carbocycles. The van der Waals surface area contributed by atoms with E-state index < -0.39 is 0 Å². The standard InChI is InChI=1S/C19H28N4O4/c1-21(2)12-17(24)20-15-4-5-16-14-8-13(10-23(16)19(15)26)9-22(11-14)18(25)6-7-27-3/h4-5,13-14H,6-12H2,1-3H3,(H,20,24). The Morgan fingerprint density at radius 2 is 2.04 bits per heavy atom. The number of nitrogens with one attached hydrogen (secondary N) is 1. The molecule has 1 N–H and O–H groups in total. The van der Waals surface area contributed by atoms with Crippen LogP contribution < -0.4 is 10.9 Å². The van der Waals surface area contributed by atoms with Crippen LogP contribution in [0.5, 0.6) is 0 Å². The molecule has 0 radical (unpaired) electrons. The number of hydrogen-bond acceptors (Lipinski definition) is 5. The number of fused-ring (bicyclic) bond motifs is 4. The fraction of sp³-hybridized carbons (Fsp3) is 0.632. The first-order valence-corrected chi connectivity index (χ1v) is 9.34. The number of amides is 2. The number of hydrogen-bond donors (Lipinski definition) is 1. The van der Waals surface area contributed by atoms with Crippen molar-refractivity contribution in [2.75, 3.05) is 52.8 Å². The first kappa shape index (κ1) is 19.6. The van der Waals surface area contributed by atoms with Crippen LogP contribution in [0.1, 0.15) is 24.5 Å². The van der Waals surface area contributed by atoms with Crippen molar-refractivity contribution in [3.63, 3.8) is 0 Å². The van der Waals surface area contributed by atoms with Gasteiger partial charge >= 0.3 is 0 Å². The van der Waals surface area contributed by atoms with Crippen LogP contribution >= 0.6 is 0 Å². The number of methoxy groups -OCH3 is 1. The summed E-state index contributed by atoms with van der Waals surface area (Å²) < 4.78 is 6.79. The normalized spacial score (nSPS) is 21.1. The maximum atomic E-state index is 12.9. The molecule has 2 aliphatic rings. The Kier molecular flexibility index (Phi) is 5.96. The van der Waals surface area contributed by atoms with Crippen molar-refractivity contribution in [1.82, 2.24) is 14.4 Å². The third-order valence-electron chi connectivity index (χ3n) is 5.21. The molecule has 2 amide bonds. The Hall–Kier alpha value is -2.19. The van der Waals surface area contributed by atoms with Gasteiger partial charge in [0.25, 0.3) is 5.56 Å². The van der Waals surface area contributed by atoms with Gasteiger partial charge in [-0.1, -0.05) is 0 Å². The van der Waals surface area contributed by atoms with E-state index in [-0.39, 0.29) is 35.8 Å². The lowest BCUT2D eigenvalue weighted by molar-refractivity contribution is -0.134. The summed E-state index contributed by atoms with van der Waals surface area (Å²) in [6, 6.07) is 3.60. The summed E-state index contributed by atoms with van der Waals surface area (Å²) in [7, 11) is 5.20. The van der Waals surface area contributed by atoms with Crippen LogP contribution in [-0.4, -0.2) is 73.6 Å². The van der Waals surface area contributed by atoms with Crippen LogP contribution in [0, 0.1) is 5.92 Å². The average Bonchev–Trinajstić information content (AvgIpc) is 2.61. The molecule has 2 aliphatic heterocycles. The van der Waals surface area contributed by atoms with E-state index in [0.717, 1.165) is 12.1 Å². The zero-order chi connectivity index (χ0) is 19.6. The Labute approximate surface area is 159 Å². The van der Waals surface area contributed by atoms with Crippen LogP contribution in [0.2, 0.25) is 0 Å². The maximum absolute atomic E-state index is 12.9. The minimum atomic E-state index is -0.205. The van der Waals surface area contributed by atoms with Gasteiger partial charge in [-0.15, -0.1) is 0 Å². The molecule has 8 heteroatoms. The maximum Gasteiger partial charge on any atom is 0.274 e. The van der Waals surface area contributed by atoms with Crippen molar-refractivity contribution in [1.29, 1.82) is 0 Å². The summed E-state index contributed by atoms with van der Waals surface area (Å²) in [5, 5.41) is 2.72. The molecule has 1 fully saturated rings. The Morgan fingerprint density at radius 3 is 2.74 bits per heavy atom. The monoisotopic (exact) mass is 376 g/mol. The molecule has 1 saturated heterocycles. The first-order valence-electron chi connectivity index (χ1n) is 9.34. The highest BCUT2D eigenvalue weighted by atomic mass is 16.5. The molecular weight excluding hydrogens is 348 g/mol. The Bertz CT molecular complexity index is 773. The summed E-state index contributed by atoms with van der Waals surface area (Å²) >= 11 is 0. The van der Waals surface area contributed by atoms with Gasteiger partial charge in [0.2, 0.25) is 11.8 Å². The van der Waals surface area contributed by atoms with Gasteiger partial charge in [0.1, 0.15) is 5.69 Å². The molecule has 3 rings (SSSR count). The number of nitrogens with zero attached hydrogens (tertiary/aromatic N) is 3. The first-order chi connectivity index (χ1) is 12.9. The summed E-state index contributed by atoms with van der Waals surface area (Å²) in [6.45, 7) is 2.53. The lowest BCUT2D eigenvalue weighted by Crippen LogP contribution is -2.49. The molecule has 0 saturated carbocycles. The zero-order valence-corrected chi connectivity index (χ0v) is 16.2. The van der Waals surface area contributed by atoms with Crippen molar-refractivity contribution < 1.29 is 14.3 Å². The molecule has 0 aromatic carbocycles. The number of likely N-dealkylation sites (tertiary alicyclic amines) is 1. The highest BCUT2D eigenvalue weighted by molar-refractivity contribution is 5.92. The van der Waals surface area contributed by atoms with E-state index in [9.17, 15) is 14.4 Å². The van der Waals surface area contributed by atoms with Crippen molar-refractivity contribution in [2.45, 2.75) is 25.3 Å². The zero-order valence-electron chi connectivity index (χ0n) is 16.2. The largest absolute Gasteiger partial charge is 0.384 e. The highest BCUT2D eigenvalue weighted by Gasteiger charge is 2.36. The van der Waals surface area contributed by atoms with Gasteiger partial charge in [-0.2, -0.15) is 0 Å². The molecule has 3 heterocycles. The van der Waals surface area contributed by atoms with Gasteiger partial charge in [0.05, 0.1) is 19.6 Å². The second-order valence-electron chi connectivity index (χ2n) is 7.71. The predicted octanol–water partition coefficient (Wildman–Crippen LogP) is 0.331. The Balaban J connectivity index is 1.77. The highest BCUT2D eigenvalue weighted by Crippen LogP contribution is 2.35. The predicted molar refractivity (Wildman–Crippen MR) is 102 cm³/mol. The van der Waals surface area contributed by atoms with Crippen molar-refractivity contribution in [3.05, 3.63) is 28.2 Å². The number of likely N-dealkylation sites (N-methyl/N-ethyl adjacent to an activating group) is 1. The molecule has 2 atom stereocenters. The summed E-state index contributed by atoms with van der Waals surface area (Å²) in [6.07, 6.45) is 1.37. The van der Waals surface area contributed by atoms with Gasteiger partial charge in [0.15, 0.2) is 0 Å². The van der Waals surface area contributed by atoms with E-state index in [1.165, 1.54) is 0 Å². The number of carbonyl (C=O) groups is 2. The van der Waals surface area contributed by atoms with Crippen LogP contribution in [0.3, 0.4) is 0 Å². The second-order valence-corrected chi connectivity index (χ2v) is 7.71. The lowest BCUT2D eigenvalue weighted by atomic mass is 9.83. The molecule has 1 aromatic rings. The molecule has 2 unspecified atom stereocenters. The van der Waals surface area contributed by atoms with E-state index >= 15 is 0 Å². The molecule has 8 nitrogen and oxygen atoms in total. The summed E-state index contributed by atoms with van der Waals surface area (Å²) in [5.41, 5.74) is 1.11. The van der Waals surface area contributed by atoms with E-state index in [4.69, 9.17) is 4.74 Å². The van der Waals surface area contributed by atoms with E-state index in [1.54, 1.807) is 36.7 Å². The number of pyridine rings is 1. The molecule has 2 bridgehead atoms. The van der Waals surface area contributed by atoms with Crippen LogP contribution in [-0.2, 0) is 20.9 Å². The summed E-state index contributed by atoms with van der Waals surface area (Å²) in [4.78, 5) is 40.9. The number of anilines is 1. The molecule has 1 aromatic heterocycles. The minimum Gasteiger partial charge on any atom is -0.384 e. The van der Waals surface area contributed by atoms with Gasteiger partial charge in [0, 0.05) is 38.4 Å². The van der Waals surface area contributed by atoms with Crippen LogP contribution in [0.15, 0.2) is 16.9 Å². The van der Waals surface area contributed by atoms with E-state index in [0.29, 0.717) is 38.3 Å². The summed E-state index contributed by atoms with van der Waals surface area (Å²) in [5.74, 6) is 0.315. The third kappa shape index (κ3) is 4.39. The fourth-order valence-electron chi connectivity index (χ4n) is 4.07. The van der Waals surface area contributed by atoms with Crippen molar-refractivity contribution >= 4 is 17.5 Å². The van der Waals surface area contributed by atoms with Crippen LogP contribution in [0.25, 0.3) is 0 Å². The number of carbonyl (C=O) groups excluding carboxylic acids is 2. The fourth-order valence-corrected chi connectivity index (χ4v) is 4.07. The lowest BCUT2D eigenvalue weighted by Gasteiger charge is -2.43. The number of rotatable bonds is 6. The average molecular weight is 376 g/mol. The van der Waals surface area contributed by atoms with Gasteiger partial charge in [-0.25, -0.2) is 0 Å². The Morgan fingerprint density at radius 1 is 1.26 bits per heavy atom. The topological polar surface area (TPSA) is 83.9 Å². The van der Waals surface area contributed by atoms with Gasteiger partial charge in [-0.05, 0) is 38.6 Å². The minimum absolute atomic E-state index is 0.106. The molecule has 148 valence electrons. The number of piperidine rings is 1. The quantitative estimate of drug-likeness (QED) is 0.774. The van der Waals surface area contributed by atoms with E-state index in [1.807, 2.05) is 11.0 Å². The molecule has 0 spiro atoms. The van der Waals surface area contributed by atoms with Crippen molar-refractivity contribution in [3.8, 4) is 0 Å². The van der Waals surface area contributed by atoms with Gasteiger partial charge in [-0.3, -0.25) is 14.4 Å². The van der Waals surface area contributed by atoms with Gasteiger partial charge < -0.3 is 24.4 Å². The van der Waals surface area contributed by atoms with E-state index in [2.05, 4.69) is 5.32 Å². The number of aromatic nitrogens is 1. The number of ether oxygens (including phenoxy) is 1. The molecule has 27 heavy (non-hydrogen) atoms. The second kappa shape index (κ2) is 8.22. The smallest absolute Gasteiger partial charge is 0.274 e. The molecular formula is C19H28N4O4.